The molecule has 0 bridgehead atoms. The maximum atomic E-state index is 12.0. The standard InChI is InChI=1S/C20H24N2O4/c1-14-6-4-5-7-17(14)18(26-3)13-22-20(24)19(23)21-12-15-8-10-16(25-2)11-9-15/h4-11,18H,12-13H2,1-3H3,(H,21,23)(H,22,24). The molecule has 1 unspecified atom stereocenters. The summed E-state index contributed by atoms with van der Waals surface area (Å²) in [6.45, 7) is 2.46. The lowest BCUT2D eigenvalue weighted by Gasteiger charge is -2.18. The van der Waals surface area contributed by atoms with Gasteiger partial charge in [-0.3, -0.25) is 9.59 Å². The van der Waals surface area contributed by atoms with Crippen LogP contribution in [0.5, 0.6) is 5.75 Å². The van der Waals surface area contributed by atoms with Gasteiger partial charge < -0.3 is 20.1 Å². The highest BCUT2D eigenvalue weighted by atomic mass is 16.5. The Labute approximate surface area is 153 Å². The van der Waals surface area contributed by atoms with Crippen molar-refractivity contribution in [1.29, 1.82) is 0 Å². The number of nitrogens with one attached hydrogen (secondary N) is 2. The van der Waals surface area contributed by atoms with Gasteiger partial charge in [-0.25, -0.2) is 0 Å². The van der Waals surface area contributed by atoms with Crippen molar-refractivity contribution in [2.24, 2.45) is 0 Å². The van der Waals surface area contributed by atoms with E-state index in [9.17, 15) is 9.59 Å². The van der Waals surface area contributed by atoms with Crippen molar-refractivity contribution in [1.82, 2.24) is 10.6 Å². The molecule has 0 aliphatic rings. The summed E-state index contributed by atoms with van der Waals surface area (Å²) >= 11 is 0. The van der Waals surface area contributed by atoms with Gasteiger partial charge in [0.15, 0.2) is 0 Å². The summed E-state index contributed by atoms with van der Waals surface area (Å²) in [6.07, 6.45) is -0.311. The molecule has 2 rings (SSSR count). The molecule has 2 aromatic carbocycles. The highest BCUT2D eigenvalue weighted by Gasteiger charge is 2.17. The molecule has 0 heterocycles. The van der Waals surface area contributed by atoms with E-state index in [1.807, 2.05) is 43.3 Å². The minimum atomic E-state index is -0.686. The van der Waals surface area contributed by atoms with Crippen molar-refractivity contribution in [3.05, 3.63) is 65.2 Å². The molecular formula is C20H24N2O4. The first-order valence-electron chi connectivity index (χ1n) is 8.32. The van der Waals surface area contributed by atoms with Crippen molar-refractivity contribution in [2.75, 3.05) is 20.8 Å². The minimum Gasteiger partial charge on any atom is -0.497 e. The molecule has 1 atom stereocenters. The first-order chi connectivity index (χ1) is 12.5. The van der Waals surface area contributed by atoms with Crippen molar-refractivity contribution in [3.8, 4) is 5.75 Å². The summed E-state index contributed by atoms with van der Waals surface area (Å²) in [7, 11) is 3.17. The van der Waals surface area contributed by atoms with Crippen LogP contribution >= 0.6 is 0 Å². The normalized spacial score (nSPS) is 11.5. The van der Waals surface area contributed by atoms with Crippen LogP contribution in [0.25, 0.3) is 0 Å². The van der Waals surface area contributed by atoms with Gasteiger partial charge in [0, 0.05) is 20.2 Å². The fraction of sp³-hybridized carbons (Fsp3) is 0.300. The summed E-state index contributed by atoms with van der Waals surface area (Å²) in [5.74, 6) is -0.630. The Morgan fingerprint density at radius 1 is 0.962 bits per heavy atom. The van der Waals surface area contributed by atoms with Gasteiger partial charge in [-0.05, 0) is 35.7 Å². The van der Waals surface area contributed by atoms with Crippen LogP contribution < -0.4 is 15.4 Å². The molecule has 6 heteroatoms. The zero-order valence-electron chi connectivity index (χ0n) is 15.2. The fourth-order valence-corrected chi connectivity index (χ4v) is 2.54. The lowest BCUT2D eigenvalue weighted by atomic mass is 10.0. The van der Waals surface area contributed by atoms with E-state index >= 15 is 0 Å². The van der Waals surface area contributed by atoms with Crippen LogP contribution in [-0.2, 0) is 20.9 Å². The highest BCUT2D eigenvalue weighted by Crippen LogP contribution is 2.19. The maximum Gasteiger partial charge on any atom is 0.309 e. The molecule has 0 saturated heterocycles. The molecule has 0 aromatic heterocycles. The van der Waals surface area contributed by atoms with Gasteiger partial charge in [-0.1, -0.05) is 36.4 Å². The van der Waals surface area contributed by atoms with Crippen LogP contribution in [0, 0.1) is 6.92 Å². The molecule has 138 valence electrons. The molecule has 0 fully saturated rings. The minimum absolute atomic E-state index is 0.218. The zero-order valence-corrected chi connectivity index (χ0v) is 15.2. The number of rotatable bonds is 7. The van der Waals surface area contributed by atoms with E-state index in [2.05, 4.69) is 10.6 Å². The number of carbonyl (C=O) groups is 2. The van der Waals surface area contributed by atoms with Gasteiger partial charge in [-0.15, -0.1) is 0 Å². The van der Waals surface area contributed by atoms with E-state index in [-0.39, 0.29) is 19.2 Å². The predicted octanol–water partition coefficient (Wildman–Crippen LogP) is 2.12. The number of amides is 2. The zero-order chi connectivity index (χ0) is 18.9. The van der Waals surface area contributed by atoms with E-state index in [0.717, 1.165) is 22.4 Å². The Balaban J connectivity index is 1.84. The van der Waals surface area contributed by atoms with E-state index in [0.29, 0.717) is 0 Å². The number of hydrogen-bond donors (Lipinski definition) is 2. The number of ether oxygens (including phenoxy) is 2. The van der Waals surface area contributed by atoms with Crippen molar-refractivity contribution >= 4 is 11.8 Å². The van der Waals surface area contributed by atoms with Crippen molar-refractivity contribution in [3.63, 3.8) is 0 Å². The number of methoxy groups -OCH3 is 2. The summed E-state index contributed by atoms with van der Waals surface area (Å²) in [6, 6.07) is 15.0. The second-order valence-electron chi connectivity index (χ2n) is 5.82. The number of hydrogen-bond acceptors (Lipinski definition) is 4. The van der Waals surface area contributed by atoms with Crippen LogP contribution in [-0.4, -0.2) is 32.6 Å². The molecule has 0 radical (unpaired) electrons. The predicted molar refractivity (Wildman–Crippen MR) is 98.8 cm³/mol. The van der Waals surface area contributed by atoms with Crippen molar-refractivity contribution in [2.45, 2.75) is 19.6 Å². The summed E-state index contributed by atoms with van der Waals surface area (Å²) < 4.78 is 10.5. The average Bonchev–Trinajstić information content (AvgIpc) is 2.68. The lowest BCUT2D eigenvalue weighted by Crippen LogP contribution is -2.41. The van der Waals surface area contributed by atoms with Crippen LogP contribution in [0.3, 0.4) is 0 Å². The second-order valence-corrected chi connectivity index (χ2v) is 5.82. The van der Waals surface area contributed by atoms with Crippen LogP contribution in [0.1, 0.15) is 22.8 Å². The molecule has 0 spiro atoms. The third-order valence-corrected chi connectivity index (χ3v) is 4.09. The monoisotopic (exact) mass is 356 g/mol. The van der Waals surface area contributed by atoms with Gasteiger partial charge in [0.05, 0.1) is 13.2 Å². The molecule has 26 heavy (non-hydrogen) atoms. The Morgan fingerprint density at radius 3 is 2.23 bits per heavy atom. The topological polar surface area (TPSA) is 76.7 Å². The fourth-order valence-electron chi connectivity index (χ4n) is 2.54. The highest BCUT2D eigenvalue weighted by molar-refractivity contribution is 6.35. The van der Waals surface area contributed by atoms with E-state index in [4.69, 9.17) is 9.47 Å². The second kappa shape index (κ2) is 9.58. The Morgan fingerprint density at radius 2 is 1.62 bits per heavy atom. The molecule has 0 aliphatic carbocycles. The van der Waals surface area contributed by atoms with Gasteiger partial charge in [0.1, 0.15) is 5.75 Å². The third kappa shape index (κ3) is 5.32. The molecule has 2 aromatic rings. The molecule has 0 saturated carbocycles. The maximum absolute atomic E-state index is 12.0. The van der Waals surface area contributed by atoms with Crippen LogP contribution in [0.2, 0.25) is 0 Å². The number of carbonyl (C=O) groups excluding carboxylic acids is 2. The lowest BCUT2D eigenvalue weighted by molar-refractivity contribution is -0.139. The van der Waals surface area contributed by atoms with Gasteiger partial charge >= 0.3 is 11.8 Å². The number of aryl methyl sites for hydroxylation is 1. The van der Waals surface area contributed by atoms with Crippen LogP contribution in [0.4, 0.5) is 0 Å². The van der Waals surface area contributed by atoms with Crippen molar-refractivity contribution < 1.29 is 19.1 Å². The molecule has 2 N–H and O–H groups in total. The van der Waals surface area contributed by atoms with Gasteiger partial charge in [0.2, 0.25) is 0 Å². The first-order valence-corrected chi connectivity index (χ1v) is 8.32. The largest absolute Gasteiger partial charge is 0.497 e. The number of benzene rings is 2. The molecular weight excluding hydrogens is 332 g/mol. The summed E-state index contributed by atoms with van der Waals surface area (Å²) in [5, 5.41) is 5.21. The Hall–Kier alpha value is -2.86. The molecule has 2 amide bonds. The summed E-state index contributed by atoms with van der Waals surface area (Å²) in [5.41, 5.74) is 2.92. The van der Waals surface area contributed by atoms with Gasteiger partial charge in [0.25, 0.3) is 0 Å². The quantitative estimate of drug-likeness (QED) is 0.745. The van der Waals surface area contributed by atoms with E-state index in [1.54, 1.807) is 26.4 Å². The first kappa shape index (κ1) is 19.5. The van der Waals surface area contributed by atoms with E-state index < -0.39 is 11.8 Å². The summed E-state index contributed by atoms with van der Waals surface area (Å²) in [4.78, 5) is 24.0. The SMILES string of the molecule is COc1ccc(CNC(=O)C(=O)NCC(OC)c2ccccc2C)cc1. The third-order valence-electron chi connectivity index (χ3n) is 4.09. The van der Waals surface area contributed by atoms with Crippen LogP contribution in [0.15, 0.2) is 48.5 Å². The Bertz CT molecular complexity index is 744. The smallest absolute Gasteiger partial charge is 0.309 e. The Kier molecular flexibility index (Phi) is 7.17. The molecule has 6 nitrogen and oxygen atoms in total. The van der Waals surface area contributed by atoms with Gasteiger partial charge in [-0.2, -0.15) is 0 Å². The average molecular weight is 356 g/mol. The van der Waals surface area contributed by atoms with E-state index in [1.165, 1.54) is 0 Å². The molecule has 0 aliphatic heterocycles.